The molecule has 0 fully saturated rings. The summed E-state index contributed by atoms with van der Waals surface area (Å²) in [6, 6.07) is 5.27. The number of nitrogens with two attached hydrogens (primary N) is 1. The molecule has 1 aromatic rings. The molecule has 0 bridgehead atoms. The molecule has 0 aliphatic heterocycles. The largest absolute Gasteiger partial charge is 0.497 e. The van der Waals surface area contributed by atoms with E-state index in [0.29, 0.717) is 12.3 Å². The third-order valence-corrected chi connectivity index (χ3v) is 1.82. The zero-order valence-electron chi connectivity index (χ0n) is 8.13. The summed E-state index contributed by atoms with van der Waals surface area (Å²) < 4.78 is 22.1. The van der Waals surface area contributed by atoms with Gasteiger partial charge in [0.25, 0.3) is 0 Å². The molecule has 0 atom stereocenters. The number of alkyl halides is 1. The summed E-state index contributed by atoms with van der Waals surface area (Å²) in [5, 5.41) is 0. The van der Waals surface area contributed by atoms with Crippen LogP contribution in [-0.4, -0.2) is 20.4 Å². The van der Waals surface area contributed by atoms with Gasteiger partial charge in [0.15, 0.2) is 0 Å². The van der Waals surface area contributed by atoms with Crippen LogP contribution in [0.15, 0.2) is 18.2 Å². The molecular weight excluding hydrogens is 185 g/mol. The van der Waals surface area contributed by atoms with E-state index in [0.717, 1.165) is 11.3 Å². The van der Waals surface area contributed by atoms with Crippen molar-refractivity contribution < 1.29 is 13.9 Å². The first-order chi connectivity index (χ1) is 6.81. The summed E-state index contributed by atoms with van der Waals surface area (Å²) in [5.41, 5.74) is 6.33. The van der Waals surface area contributed by atoms with Crippen LogP contribution in [0.2, 0.25) is 0 Å². The summed E-state index contributed by atoms with van der Waals surface area (Å²) >= 11 is 0. The summed E-state index contributed by atoms with van der Waals surface area (Å²) in [5.74, 6) is 1.34. The van der Waals surface area contributed by atoms with Crippen LogP contribution in [-0.2, 0) is 6.54 Å². The highest BCUT2D eigenvalue weighted by molar-refractivity contribution is 5.40. The van der Waals surface area contributed by atoms with Gasteiger partial charge in [-0.3, -0.25) is 0 Å². The topological polar surface area (TPSA) is 44.5 Å². The average Bonchev–Trinajstić information content (AvgIpc) is 2.26. The Morgan fingerprint density at radius 3 is 2.79 bits per heavy atom. The predicted octanol–water partition coefficient (Wildman–Crippen LogP) is 1.50. The summed E-state index contributed by atoms with van der Waals surface area (Å²) in [4.78, 5) is 0. The summed E-state index contributed by atoms with van der Waals surface area (Å²) in [6.45, 7) is -0.103. The van der Waals surface area contributed by atoms with Crippen molar-refractivity contribution in [2.24, 2.45) is 5.73 Å². The summed E-state index contributed by atoms with van der Waals surface area (Å²) in [7, 11) is 1.58. The van der Waals surface area contributed by atoms with E-state index in [1.165, 1.54) is 0 Å². The molecule has 0 spiro atoms. The van der Waals surface area contributed by atoms with Gasteiger partial charge in [-0.15, -0.1) is 0 Å². The second-order valence-electron chi connectivity index (χ2n) is 2.72. The van der Waals surface area contributed by atoms with Gasteiger partial charge < -0.3 is 15.2 Å². The van der Waals surface area contributed by atoms with Crippen molar-refractivity contribution in [3.63, 3.8) is 0 Å². The molecule has 0 unspecified atom stereocenters. The van der Waals surface area contributed by atoms with Crippen molar-refractivity contribution in [2.75, 3.05) is 20.4 Å². The number of benzene rings is 1. The van der Waals surface area contributed by atoms with Crippen LogP contribution in [0.3, 0.4) is 0 Å². The van der Waals surface area contributed by atoms with Crippen molar-refractivity contribution in [3.8, 4) is 11.5 Å². The van der Waals surface area contributed by atoms with E-state index in [1.807, 2.05) is 0 Å². The maximum absolute atomic E-state index is 11.9. The van der Waals surface area contributed by atoms with Gasteiger partial charge in [0, 0.05) is 12.1 Å². The number of methoxy groups -OCH3 is 1. The first-order valence-corrected chi connectivity index (χ1v) is 4.37. The van der Waals surface area contributed by atoms with E-state index in [1.54, 1.807) is 25.3 Å². The molecule has 1 aromatic carbocycles. The molecule has 0 aromatic heterocycles. The fourth-order valence-electron chi connectivity index (χ4n) is 1.13. The minimum Gasteiger partial charge on any atom is -0.497 e. The number of halogens is 1. The summed E-state index contributed by atoms with van der Waals surface area (Å²) in [6.07, 6.45) is 0. The van der Waals surface area contributed by atoms with Crippen LogP contribution < -0.4 is 15.2 Å². The number of hydrogen-bond acceptors (Lipinski definition) is 3. The number of ether oxygens (including phenoxy) is 2. The maximum atomic E-state index is 11.9. The molecule has 0 amide bonds. The fourth-order valence-corrected chi connectivity index (χ4v) is 1.13. The molecule has 0 saturated carbocycles. The van der Waals surface area contributed by atoms with Crippen LogP contribution in [0.4, 0.5) is 4.39 Å². The molecule has 14 heavy (non-hydrogen) atoms. The highest BCUT2D eigenvalue weighted by Crippen LogP contribution is 2.23. The minimum absolute atomic E-state index is 0.0549. The van der Waals surface area contributed by atoms with Crippen molar-refractivity contribution in [2.45, 2.75) is 6.54 Å². The molecule has 3 nitrogen and oxygen atoms in total. The first-order valence-electron chi connectivity index (χ1n) is 4.37. The van der Waals surface area contributed by atoms with E-state index in [2.05, 4.69) is 0 Å². The number of hydrogen-bond donors (Lipinski definition) is 1. The Morgan fingerprint density at radius 1 is 1.43 bits per heavy atom. The van der Waals surface area contributed by atoms with E-state index in [9.17, 15) is 4.39 Å². The third kappa shape index (κ3) is 2.60. The van der Waals surface area contributed by atoms with Gasteiger partial charge in [-0.25, -0.2) is 4.39 Å². The average molecular weight is 199 g/mol. The lowest BCUT2D eigenvalue weighted by Gasteiger charge is -2.10. The predicted molar refractivity (Wildman–Crippen MR) is 52.4 cm³/mol. The molecule has 0 radical (unpaired) electrons. The molecule has 0 heterocycles. The van der Waals surface area contributed by atoms with Gasteiger partial charge >= 0.3 is 0 Å². The molecule has 0 saturated heterocycles. The second-order valence-corrected chi connectivity index (χ2v) is 2.72. The normalized spacial score (nSPS) is 9.93. The van der Waals surface area contributed by atoms with Crippen molar-refractivity contribution in [3.05, 3.63) is 23.8 Å². The van der Waals surface area contributed by atoms with Gasteiger partial charge in [0.05, 0.1) is 7.11 Å². The first kappa shape index (κ1) is 10.8. The monoisotopic (exact) mass is 199 g/mol. The standard InChI is InChI=1S/C10H14FNO2/c1-13-9-2-3-10(14-5-4-11)8(6-9)7-12/h2-3,6H,4-5,7,12H2,1H3. The quantitative estimate of drug-likeness (QED) is 0.781. The second kappa shape index (κ2) is 5.44. The van der Waals surface area contributed by atoms with Gasteiger partial charge in [0.2, 0.25) is 0 Å². The maximum Gasteiger partial charge on any atom is 0.124 e. The molecule has 4 heteroatoms. The van der Waals surface area contributed by atoms with Gasteiger partial charge in [-0.1, -0.05) is 0 Å². The Bertz CT molecular complexity index is 291. The van der Waals surface area contributed by atoms with Gasteiger partial charge in [-0.05, 0) is 18.2 Å². The van der Waals surface area contributed by atoms with Crippen molar-refractivity contribution in [1.82, 2.24) is 0 Å². The van der Waals surface area contributed by atoms with E-state index in [-0.39, 0.29) is 6.61 Å². The van der Waals surface area contributed by atoms with Gasteiger partial charge in [0.1, 0.15) is 24.8 Å². The van der Waals surface area contributed by atoms with Crippen molar-refractivity contribution in [1.29, 1.82) is 0 Å². The third-order valence-electron chi connectivity index (χ3n) is 1.82. The highest BCUT2D eigenvalue weighted by Gasteiger charge is 2.03. The molecule has 2 N–H and O–H groups in total. The fraction of sp³-hybridized carbons (Fsp3) is 0.400. The van der Waals surface area contributed by atoms with Crippen LogP contribution >= 0.6 is 0 Å². The molecule has 78 valence electrons. The van der Waals surface area contributed by atoms with Crippen LogP contribution in [0.5, 0.6) is 11.5 Å². The van der Waals surface area contributed by atoms with Crippen LogP contribution in [0.1, 0.15) is 5.56 Å². The lowest BCUT2D eigenvalue weighted by molar-refractivity contribution is 0.270. The van der Waals surface area contributed by atoms with Gasteiger partial charge in [-0.2, -0.15) is 0 Å². The molecule has 1 rings (SSSR count). The lowest BCUT2D eigenvalue weighted by atomic mass is 10.2. The zero-order valence-corrected chi connectivity index (χ0v) is 8.13. The molecule has 0 aliphatic rings. The SMILES string of the molecule is COc1ccc(OCCF)c(CN)c1. The van der Waals surface area contributed by atoms with E-state index in [4.69, 9.17) is 15.2 Å². The molecular formula is C10H14FNO2. The Balaban J connectivity index is 2.82. The van der Waals surface area contributed by atoms with Crippen LogP contribution in [0.25, 0.3) is 0 Å². The Hall–Kier alpha value is -1.29. The lowest BCUT2D eigenvalue weighted by Crippen LogP contribution is -2.05. The Morgan fingerprint density at radius 2 is 2.21 bits per heavy atom. The smallest absolute Gasteiger partial charge is 0.124 e. The minimum atomic E-state index is -0.504. The van der Waals surface area contributed by atoms with E-state index < -0.39 is 6.67 Å². The Labute approximate surface area is 82.6 Å². The van der Waals surface area contributed by atoms with Crippen LogP contribution in [0, 0.1) is 0 Å². The van der Waals surface area contributed by atoms with E-state index >= 15 is 0 Å². The highest BCUT2D eigenvalue weighted by atomic mass is 19.1. The molecule has 0 aliphatic carbocycles. The van der Waals surface area contributed by atoms with Crippen molar-refractivity contribution >= 4 is 0 Å². The number of rotatable bonds is 5. The zero-order chi connectivity index (χ0) is 10.4. The Kier molecular flexibility index (Phi) is 4.19.